The maximum atomic E-state index is 12.3. The van der Waals surface area contributed by atoms with E-state index >= 15 is 0 Å². The van der Waals surface area contributed by atoms with Crippen LogP contribution in [0.5, 0.6) is 0 Å². The molecule has 0 fully saturated rings. The van der Waals surface area contributed by atoms with Crippen LogP contribution in [0.1, 0.15) is 17.0 Å². The summed E-state index contributed by atoms with van der Waals surface area (Å²) in [5.74, 6) is 1.09. The van der Waals surface area contributed by atoms with Crippen molar-refractivity contribution in [3.05, 3.63) is 52.7 Å². The first kappa shape index (κ1) is 17.1. The Bertz CT molecular complexity index is 1110. The van der Waals surface area contributed by atoms with Gasteiger partial charge in [0.25, 0.3) is 0 Å². The molecule has 0 saturated carbocycles. The summed E-state index contributed by atoms with van der Waals surface area (Å²) in [4.78, 5) is 12.3. The van der Waals surface area contributed by atoms with E-state index in [4.69, 9.17) is 0 Å². The molecule has 7 heteroatoms. The topological polar surface area (TPSA) is 59.3 Å². The van der Waals surface area contributed by atoms with Crippen molar-refractivity contribution in [2.24, 2.45) is 0 Å². The van der Waals surface area contributed by atoms with Gasteiger partial charge >= 0.3 is 0 Å². The number of amides is 1. The third-order valence-corrected chi connectivity index (χ3v) is 5.92. The number of aromatic nitrogens is 3. The van der Waals surface area contributed by atoms with E-state index in [9.17, 15) is 4.79 Å². The third kappa shape index (κ3) is 3.20. The number of thioether (sulfide) groups is 1. The lowest BCUT2D eigenvalue weighted by atomic mass is 10.1. The fourth-order valence-corrected chi connectivity index (χ4v) is 4.67. The van der Waals surface area contributed by atoms with Crippen LogP contribution in [0, 0.1) is 20.8 Å². The number of thiophene rings is 1. The smallest absolute Gasteiger partial charge is 0.234 e. The Morgan fingerprint density at radius 3 is 2.65 bits per heavy atom. The van der Waals surface area contributed by atoms with E-state index in [1.165, 1.54) is 16.5 Å². The summed E-state index contributed by atoms with van der Waals surface area (Å²) in [5, 5.41) is 14.4. The second kappa shape index (κ2) is 6.74. The van der Waals surface area contributed by atoms with Gasteiger partial charge in [0.1, 0.15) is 10.9 Å². The van der Waals surface area contributed by atoms with Crippen LogP contribution in [0.15, 0.2) is 40.7 Å². The predicted molar refractivity (Wildman–Crippen MR) is 108 cm³/mol. The van der Waals surface area contributed by atoms with Gasteiger partial charge in [-0.2, -0.15) is 0 Å². The summed E-state index contributed by atoms with van der Waals surface area (Å²) >= 11 is 3.11. The number of carbonyl (C=O) groups is 1. The van der Waals surface area contributed by atoms with Crippen molar-refractivity contribution in [3.63, 3.8) is 0 Å². The van der Waals surface area contributed by atoms with Crippen molar-refractivity contribution in [1.82, 2.24) is 14.6 Å². The molecule has 1 aromatic carbocycles. The van der Waals surface area contributed by atoms with Crippen LogP contribution in [0.25, 0.3) is 15.7 Å². The number of fused-ring (bicyclic) bond motifs is 3. The van der Waals surface area contributed by atoms with Crippen molar-refractivity contribution >= 4 is 50.4 Å². The monoisotopic (exact) mass is 382 g/mol. The lowest BCUT2D eigenvalue weighted by Crippen LogP contribution is -2.14. The largest absolute Gasteiger partial charge is 0.325 e. The molecule has 0 aliphatic carbocycles. The number of carbonyl (C=O) groups excluding carboxylic acids is 1. The summed E-state index contributed by atoms with van der Waals surface area (Å²) < 4.78 is 3.30. The molecule has 0 spiro atoms. The van der Waals surface area contributed by atoms with Crippen molar-refractivity contribution < 1.29 is 4.79 Å². The Kier molecular flexibility index (Phi) is 4.42. The fraction of sp³-hybridized carbons (Fsp3) is 0.211. The Labute approximate surface area is 159 Å². The summed E-state index contributed by atoms with van der Waals surface area (Å²) in [6.07, 6.45) is 0. The molecule has 0 aliphatic heterocycles. The molecular formula is C19H18N4OS2. The van der Waals surface area contributed by atoms with Crippen LogP contribution in [-0.4, -0.2) is 26.3 Å². The summed E-state index contributed by atoms with van der Waals surface area (Å²) in [7, 11) is 0. The minimum absolute atomic E-state index is 0.0473. The molecule has 0 bridgehead atoms. The number of hydrogen-bond acceptors (Lipinski definition) is 5. The van der Waals surface area contributed by atoms with E-state index < -0.39 is 0 Å². The van der Waals surface area contributed by atoms with Gasteiger partial charge in [-0.25, -0.2) is 0 Å². The van der Waals surface area contributed by atoms with Gasteiger partial charge in [-0.1, -0.05) is 17.8 Å². The molecule has 0 aliphatic rings. The number of benzene rings is 1. The molecule has 5 nitrogen and oxygen atoms in total. The zero-order valence-electron chi connectivity index (χ0n) is 14.7. The lowest BCUT2D eigenvalue weighted by molar-refractivity contribution is -0.113. The van der Waals surface area contributed by atoms with Gasteiger partial charge in [-0.15, -0.1) is 21.5 Å². The highest BCUT2D eigenvalue weighted by molar-refractivity contribution is 8.00. The molecular weight excluding hydrogens is 364 g/mol. The Morgan fingerprint density at radius 1 is 1.12 bits per heavy atom. The molecule has 1 N–H and O–H groups in total. The minimum Gasteiger partial charge on any atom is -0.325 e. The van der Waals surface area contributed by atoms with Crippen LogP contribution in [0.3, 0.4) is 0 Å². The van der Waals surface area contributed by atoms with Gasteiger partial charge in [0.05, 0.1) is 21.5 Å². The van der Waals surface area contributed by atoms with E-state index in [0.717, 1.165) is 38.7 Å². The predicted octanol–water partition coefficient (Wildman–Crippen LogP) is 4.60. The van der Waals surface area contributed by atoms with Crippen LogP contribution in [0.2, 0.25) is 0 Å². The quantitative estimate of drug-likeness (QED) is 0.524. The van der Waals surface area contributed by atoms with Gasteiger partial charge in [0.15, 0.2) is 0 Å². The van der Waals surface area contributed by atoms with Crippen molar-refractivity contribution in [2.75, 3.05) is 11.1 Å². The molecule has 0 radical (unpaired) electrons. The standard InChI is InChI=1S/C19H18N4OS2/c1-11-6-12(2)8-14(7-11)20-18(24)10-26-19-16-9-17-15(4-5-25-17)23(16)13(3)21-22-19/h4-9H,10H2,1-3H3,(H,20,24). The molecule has 0 unspecified atom stereocenters. The Hall–Kier alpha value is -2.38. The van der Waals surface area contributed by atoms with Crippen LogP contribution in [-0.2, 0) is 4.79 Å². The first-order valence-corrected chi connectivity index (χ1v) is 10.1. The Balaban J connectivity index is 1.54. The highest BCUT2D eigenvalue weighted by Crippen LogP contribution is 2.30. The zero-order chi connectivity index (χ0) is 18.3. The van der Waals surface area contributed by atoms with E-state index in [2.05, 4.69) is 43.5 Å². The second-order valence-electron chi connectivity index (χ2n) is 6.30. The van der Waals surface area contributed by atoms with Gasteiger partial charge in [0.2, 0.25) is 5.91 Å². The third-order valence-electron chi connectivity index (χ3n) is 4.10. The molecule has 4 aromatic rings. The molecule has 132 valence electrons. The second-order valence-corrected chi connectivity index (χ2v) is 8.21. The van der Waals surface area contributed by atoms with Gasteiger partial charge in [0, 0.05) is 5.69 Å². The maximum absolute atomic E-state index is 12.3. The van der Waals surface area contributed by atoms with Crippen molar-refractivity contribution in [1.29, 1.82) is 0 Å². The van der Waals surface area contributed by atoms with Crippen molar-refractivity contribution in [3.8, 4) is 0 Å². The number of aryl methyl sites for hydroxylation is 3. The minimum atomic E-state index is -0.0473. The molecule has 1 amide bonds. The van der Waals surface area contributed by atoms with Crippen LogP contribution < -0.4 is 5.32 Å². The molecule has 3 aromatic heterocycles. The summed E-state index contributed by atoms with van der Waals surface area (Å²) in [5.41, 5.74) is 5.23. The lowest BCUT2D eigenvalue weighted by Gasteiger charge is -2.08. The van der Waals surface area contributed by atoms with Gasteiger partial charge < -0.3 is 5.32 Å². The number of nitrogens with one attached hydrogen (secondary N) is 1. The number of hydrogen-bond donors (Lipinski definition) is 1. The average Bonchev–Trinajstić information content (AvgIpc) is 3.14. The number of rotatable bonds is 4. The molecule has 26 heavy (non-hydrogen) atoms. The van der Waals surface area contributed by atoms with Gasteiger partial charge in [-0.05, 0) is 61.5 Å². The summed E-state index contributed by atoms with van der Waals surface area (Å²) in [6, 6.07) is 10.2. The first-order chi connectivity index (χ1) is 12.5. The highest BCUT2D eigenvalue weighted by atomic mass is 32.2. The van der Waals surface area contributed by atoms with Crippen molar-refractivity contribution in [2.45, 2.75) is 25.8 Å². The highest BCUT2D eigenvalue weighted by Gasteiger charge is 2.14. The molecule has 3 heterocycles. The van der Waals surface area contributed by atoms with Gasteiger partial charge in [-0.3, -0.25) is 9.20 Å². The van der Waals surface area contributed by atoms with E-state index in [-0.39, 0.29) is 5.91 Å². The number of nitrogens with zero attached hydrogens (tertiary/aromatic N) is 3. The normalized spacial score (nSPS) is 11.3. The van der Waals surface area contributed by atoms with E-state index in [1.807, 2.05) is 32.9 Å². The van der Waals surface area contributed by atoms with Crippen LogP contribution in [0.4, 0.5) is 5.69 Å². The molecule has 4 rings (SSSR count). The molecule has 0 atom stereocenters. The van der Waals surface area contributed by atoms with E-state index in [0.29, 0.717) is 5.75 Å². The SMILES string of the molecule is Cc1cc(C)cc(NC(=O)CSc2nnc(C)n3c2cc2sccc23)c1. The maximum Gasteiger partial charge on any atom is 0.234 e. The molecule has 0 saturated heterocycles. The first-order valence-electron chi connectivity index (χ1n) is 8.24. The fourth-order valence-electron chi connectivity index (χ4n) is 3.13. The van der Waals surface area contributed by atoms with E-state index in [1.54, 1.807) is 11.3 Å². The average molecular weight is 383 g/mol. The summed E-state index contributed by atoms with van der Waals surface area (Å²) in [6.45, 7) is 5.99. The number of anilines is 1. The zero-order valence-corrected chi connectivity index (χ0v) is 16.4. The van der Waals surface area contributed by atoms with Crippen LogP contribution >= 0.6 is 23.1 Å². The Morgan fingerprint density at radius 2 is 1.88 bits per heavy atom.